The molecule has 0 aliphatic heterocycles. The minimum absolute atomic E-state index is 0.175. The van der Waals surface area contributed by atoms with Crippen LogP contribution in [0, 0.1) is 0 Å². The first-order valence-corrected chi connectivity index (χ1v) is 7.66. The van der Waals surface area contributed by atoms with E-state index >= 15 is 0 Å². The number of para-hydroxylation sites is 1. The van der Waals surface area contributed by atoms with E-state index in [4.69, 9.17) is 0 Å². The summed E-state index contributed by atoms with van der Waals surface area (Å²) in [5.74, 6) is -0.175. The van der Waals surface area contributed by atoms with E-state index in [1.54, 1.807) is 24.5 Å². The summed E-state index contributed by atoms with van der Waals surface area (Å²) in [6.45, 7) is 0. The highest BCUT2D eigenvalue weighted by molar-refractivity contribution is 7.98. The normalized spacial score (nSPS) is 10.5. The third-order valence-corrected chi connectivity index (χ3v) is 3.80. The smallest absolute Gasteiger partial charge is 0.258 e. The van der Waals surface area contributed by atoms with Crippen LogP contribution in [0.2, 0.25) is 0 Å². The number of benzene rings is 1. The molecule has 1 aromatic carbocycles. The molecule has 0 atom stereocenters. The van der Waals surface area contributed by atoms with Gasteiger partial charge in [0.1, 0.15) is 5.03 Å². The number of amides is 1. The standard InChI is InChI=1S/C16H13N3OS/c1-21-16-12(7-4-10-18-16)15(20)19-13-8-2-5-11-6-3-9-17-14(11)13/h2-10H,1H3,(H,19,20). The predicted octanol–water partition coefficient (Wildman–Crippen LogP) is 3.60. The lowest BCUT2D eigenvalue weighted by atomic mass is 10.2. The average molecular weight is 295 g/mol. The third-order valence-electron chi connectivity index (χ3n) is 3.09. The quantitative estimate of drug-likeness (QED) is 0.750. The van der Waals surface area contributed by atoms with Gasteiger partial charge >= 0.3 is 0 Å². The van der Waals surface area contributed by atoms with Gasteiger partial charge in [-0.05, 0) is 30.5 Å². The molecule has 1 amide bonds. The number of aromatic nitrogens is 2. The van der Waals surface area contributed by atoms with Crippen molar-refractivity contribution in [1.82, 2.24) is 9.97 Å². The molecule has 0 fully saturated rings. The van der Waals surface area contributed by atoms with E-state index in [9.17, 15) is 4.79 Å². The molecule has 0 aliphatic carbocycles. The molecule has 2 aromatic heterocycles. The van der Waals surface area contributed by atoms with Gasteiger partial charge in [0.05, 0.1) is 16.8 Å². The van der Waals surface area contributed by atoms with Gasteiger partial charge in [-0.15, -0.1) is 11.8 Å². The van der Waals surface area contributed by atoms with Crippen molar-refractivity contribution in [1.29, 1.82) is 0 Å². The van der Waals surface area contributed by atoms with Gasteiger partial charge in [0.15, 0.2) is 0 Å². The van der Waals surface area contributed by atoms with Gasteiger partial charge in [0.2, 0.25) is 0 Å². The van der Waals surface area contributed by atoms with E-state index in [1.807, 2.05) is 36.6 Å². The molecule has 104 valence electrons. The van der Waals surface area contributed by atoms with Crippen molar-refractivity contribution in [3.8, 4) is 0 Å². The van der Waals surface area contributed by atoms with Crippen LogP contribution in [-0.4, -0.2) is 22.1 Å². The maximum absolute atomic E-state index is 12.4. The van der Waals surface area contributed by atoms with E-state index < -0.39 is 0 Å². The Hall–Kier alpha value is -2.40. The van der Waals surface area contributed by atoms with Crippen LogP contribution in [-0.2, 0) is 0 Å². The van der Waals surface area contributed by atoms with Crippen LogP contribution in [0.25, 0.3) is 10.9 Å². The van der Waals surface area contributed by atoms with Crippen LogP contribution < -0.4 is 5.32 Å². The fraction of sp³-hybridized carbons (Fsp3) is 0.0625. The Kier molecular flexibility index (Phi) is 3.83. The molecule has 4 nitrogen and oxygen atoms in total. The molecule has 0 saturated heterocycles. The fourth-order valence-electron chi connectivity index (χ4n) is 2.12. The summed E-state index contributed by atoms with van der Waals surface area (Å²) in [7, 11) is 0. The molecule has 0 saturated carbocycles. The number of carbonyl (C=O) groups is 1. The summed E-state index contributed by atoms with van der Waals surface area (Å²) < 4.78 is 0. The van der Waals surface area contributed by atoms with Crippen molar-refractivity contribution in [3.05, 3.63) is 60.4 Å². The van der Waals surface area contributed by atoms with Gasteiger partial charge in [-0.2, -0.15) is 0 Å². The van der Waals surface area contributed by atoms with Crippen molar-refractivity contribution in [2.75, 3.05) is 11.6 Å². The number of carbonyl (C=O) groups excluding carboxylic acids is 1. The van der Waals surface area contributed by atoms with Gasteiger partial charge in [0, 0.05) is 17.8 Å². The SMILES string of the molecule is CSc1ncccc1C(=O)Nc1cccc2cccnc12. The van der Waals surface area contributed by atoms with Crippen LogP contribution in [0.1, 0.15) is 10.4 Å². The molecule has 0 aliphatic rings. The molecule has 3 rings (SSSR count). The maximum Gasteiger partial charge on any atom is 0.258 e. The first-order valence-electron chi connectivity index (χ1n) is 6.43. The summed E-state index contributed by atoms with van der Waals surface area (Å²) in [6.07, 6.45) is 5.30. The number of hydrogen-bond acceptors (Lipinski definition) is 4. The molecule has 1 N–H and O–H groups in total. The largest absolute Gasteiger partial charge is 0.320 e. The van der Waals surface area contributed by atoms with E-state index in [2.05, 4.69) is 15.3 Å². The number of thioether (sulfide) groups is 1. The molecule has 0 spiro atoms. The van der Waals surface area contributed by atoms with Gasteiger partial charge < -0.3 is 5.32 Å². The summed E-state index contributed by atoms with van der Waals surface area (Å²) in [6, 6.07) is 13.1. The fourth-order valence-corrected chi connectivity index (χ4v) is 2.67. The van der Waals surface area contributed by atoms with Crippen molar-refractivity contribution in [2.45, 2.75) is 5.03 Å². The van der Waals surface area contributed by atoms with Crippen molar-refractivity contribution < 1.29 is 4.79 Å². The molecular formula is C16H13N3OS. The summed E-state index contributed by atoms with van der Waals surface area (Å²) in [4.78, 5) is 21.0. The molecule has 2 heterocycles. The third kappa shape index (κ3) is 2.73. The topological polar surface area (TPSA) is 54.9 Å². The number of hydrogen-bond donors (Lipinski definition) is 1. The minimum Gasteiger partial charge on any atom is -0.320 e. The Morgan fingerprint density at radius 2 is 1.81 bits per heavy atom. The van der Waals surface area contributed by atoms with Crippen molar-refractivity contribution >= 4 is 34.3 Å². The molecule has 21 heavy (non-hydrogen) atoms. The van der Waals surface area contributed by atoms with Gasteiger partial charge in [-0.25, -0.2) is 4.98 Å². The van der Waals surface area contributed by atoms with Crippen molar-refractivity contribution in [3.63, 3.8) is 0 Å². The number of anilines is 1. The summed E-state index contributed by atoms with van der Waals surface area (Å²) >= 11 is 1.45. The van der Waals surface area contributed by atoms with E-state index in [0.717, 1.165) is 10.9 Å². The van der Waals surface area contributed by atoms with Gasteiger partial charge in [0.25, 0.3) is 5.91 Å². The Morgan fingerprint density at radius 1 is 1.05 bits per heavy atom. The first kappa shape index (κ1) is 13.6. The van der Waals surface area contributed by atoms with Crippen LogP contribution in [0.5, 0.6) is 0 Å². The number of pyridine rings is 2. The monoisotopic (exact) mass is 295 g/mol. The minimum atomic E-state index is -0.175. The maximum atomic E-state index is 12.4. The second-order valence-electron chi connectivity index (χ2n) is 4.40. The molecule has 0 unspecified atom stereocenters. The average Bonchev–Trinajstić information content (AvgIpc) is 2.55. The number of fused-ring (bicyclic) bond motifs is 1. The van der Waals surface area contributed by atoms with E-state index in [-0.39, 0.29) is 5.91 Å². The second-order valence-corrected chi connectivity index (χ2v) is 5.19. The lowest BCUT2D eigenvalue weighted by Crippen LogP contribution is -2.14. The van der Waals surface area contributed by atoms with Gasteiger partial charge in [-0.3, -0.25) is 9.78 Å². The van der Waals surface area contributed by atoms with E-state index in [1.165, 1.54) is 11.8 Å². The van der Waals surface area contributed by atoms with Crippen LogP contribution in [0.4, 0.5) is 5.69 Å². The Labute approximate surface area is 126 Å². The Bertz CT molecular complexity index is 799. The lowest BCUT2D eigenvalue weighted by molar-refractivity contribution is 0.102. The highest BCUT2D eigenvalue weighted by Crippen LogP contribution is 2.23. The molecule has 5 heteroatoms. The van der Waals surface area contributed by atoms with Gasteiger partial charge in [-0.1, -0.05) is 18.2 Å². The zero-order chi connectivity index (χ0) is 14.7. The molecule has 0 radical (unpaired) electrons. The molecular weight excluding hydrogens is 282 g/mol. The number of nitrogens with zero attached hydrogens (tertiary/aromatic N) is 2. The zero-order valence-corrected chi connectivity index (χ0v) is 12.2. The lowest BCUT2D eigenvalue weighted by Gasteiger charge is -2.09. The van der Waals surface area contributed by atoms with Crippen molar-refractivity contribution in [2.24, 2.45) is 0 Å². The predicted molar refractivity (Wildman–Crippen MR) is 85.7 cm³/mol. The highest BCUT2D eigenvalue weighted by atomic mass is 32.2. The number of rotatable bonds is 3. The molecule has 0 bridgehead atoms. The Balaban J connectivity index is 1.97. The first-order chi connectivity index (χ1) is 10.3. The van der Waals surface area contributed by atoms with Crippen LogP contribution in [0.15, 0.2) is 59.9 Å². The second kappa shape index (κ2) is 5.93. The summed E-state index contributed by atoms with van der Waals surface area (Å²) in [5, 5.41) is 4.62. The molecule has 3 aromatic rings. The number of nitrogens with one attached hydrogen (secondary N) is 1. The van der Waals surface area contributed by atoms with Crippen LogP contribution >= 0.6 is 11.8 Å². The summed E-state index contributed by atoms with van der Waals surface area (Å²) in [5.41, 5.74) is 2.05. The zero-order valence-electron chi connectivity index (χ0n) is 11.4. The Morgan fingerprint density at radius 3 is 2.67 bits per heavy atom. The van der Waals surface area contributed by atoms with E-state index in [0.29, 0.717) is 16.3 Å². The highest BCUT2D eigenvalue weighted by Gasteiger charge is 2.13. The van der Waals surface area contributed by atoms with Crippen LogP contribution in [0.3, 0.4) is 0 Å².